The van der Waals surface area contributed by atoms with Gasteiger partial charge < -0.3 is 0 Å². The lowest BCUT2D eigenvalue weighted by atomic mass is 10.2. The normalized spacial score (nSPS) is 12.9. The lowest BCUT2D eigenvalue weighted by Gasteiger charge is -2.19. The van der Waals surface area contributed by atoms with Crippen molar-refractivity contribution in [3.63, 3.8) is 0 Å². The highest BCUT2D eigenvalue weighted by Crippen LogP contribution is 2.35. The Kier molecular flexibility index (Phi) is 4.29. The van der Waals surface area contributed by atoms with Crippen molar-refractivity contribution in [2.75, 3.05) is 0 Å². The van der Waals surface area contributed by atoms with Gasteiger partial charge in [0.25, 0.3) is 0 Å². The van der Waals surface area contributed by atoms with Gasteiger partial charge in [-0.05, 0) is 0 Å². The molecule has 0 aliphatic carbocycles. The molecule has 0 saturated heterocycles. The molecule has 0 heterocycles. The molecular formula is C8H13F5Si. The zero-order chi connectivity index (χ0) is 11.6. The summed E-state index contributed by atoms with van der Waals surface area (Å²) in [5, 5.41) is 0. The number of allylic oxidation sites excluding steroid dienone is 1. The average molecular weight is 232 g/mol. The molecule has 0 aromatic heterocycles. The van der Waals surface area contributed by atoms with Crippen LogP contribution < -0.4 is 0 Å². The molecule has 14 heavy (non-hydrogen) atoms. The van der Waals surface area contributed by atoms with Crippen molar-refractivity contribution in [1.29, 1.82) is 0 Å². The molecule has 0 radical (unpaired) electrons. The topological polar surface area (TPSA) is 0 Å². The maximum Gasteiger partial charge on any atom is 0.307 e. The summed E-state index contributed by atoms with van der Waals surface area (Å²) in [6.45, 7) is 5.45. The van der Waals surface area contributed by atoms with Crippen LogP contribution in [0.5, 0.6) is 0 Å². The van der Waals surface area contributed by atoms with Crippen LogP contribution in [0.1, 0.15) is 6.42 Å². The molecule has 0 fully saturated rings. The molecule has 0 unspecified atom stereocenters. The predicted octanol–water partition coefficient (Wildman–Crippen LogP) is 4.43. The van der Waals surface area contributed by atoms with Crippen molar-refractivity contribution in [2.45, 2.75) is 38.0 Å². The molecule has 0 rings (SSSR count). The zero-order valence-electron chi connectivity index (χ0n) is 8.30. The van der Waals surface area contributed by atoms with Gasteiger partial charge in [0.05, 0.1) is 0 Å². The van der Waals surface area contributed by atoms with Crippen LogP contribution in [0.25, 0.3) is 0 Å². The van der Waals surface area contributed by atoms with E-state index >= 15 is 0 Å². The summed E-state index contributed by atoms with van der Waals surface area (Å²) in [5.41, 5.74) is 0. The predicted molar refractivity (Wildman–Crippen MR) is 48.1 cm³/mol. The Morgan fingerprint density at radius 3 is 1.79 bits per heavy atom. The third-order valence-corrected chi connectivity index (χ3v) is 3.43. The van der Waals surface area contributed by atoms with E-state index in [0.29, 0.717) is 0 Å². The van der Waals surface area contributed by atoms with Crippen LogP contribution in [0, 0.1) is 0 Å². The van der Waals surface area contributed by atoms with Gasteiger partial charge in [0.15, 0.2) is 0 Å². The molecule has 0 N–H and O–H groups in total. The molecule has 84 valence electrons. The molecule has 0 saturated carbocycles. The van der Waals surface area contributed by atoms with Gasteiger partial charge in [-0.1, -0.05) is 25.7 Å². The molecule has 0 aromatic carbocycles. The summed E-state index contributed by atoms with van der Waals surface area (Å²) < 4.78 is 60.8. The van der Waals surface area contributed by atoms with Crippen LogP contribution in [0.2, 0.25) is 25.7 Å². The largest absolute Gasteiger partial charge is 0.307 e. The first-order chi connectivity index (χ1) is 6.06. The first kappa shape index (κ1) is 13.6. The number of hydrogen-bond donors (Lipinski definition) is 0. The summed E-state index contributed by atoms with van der Waals surface area (Å²) in [7, 11) is -1.76. The van der Waals surface area contributed by atoms with Crippen LogP contribution in [0.3, 0.4) is 0 Å². The molecule has 6 heteroatoms. The third kappa shape index (κ3) is 4.73. The van der Waals surface area contributed by atoms with E-state index in [4.69, 9.17) is 0 Å². The standard InChI is InChI=1S/C8H13F5Si/c1-14(2,3)5-4-8(12,13)6(9)7(10)11/h4-5H2,1-3H3. The Bertz CT molecular complexity index is 224. The molecule has 0 atom stereocenters. The summed E-state index contributed by atoms with van der Waals surface area (Å²) >= 11 is 0. The van der Waals surface area contributed by atoms with Crippen molar-refractivity contribution in [1.82, 2.24) is 0 Å². The van der Waals surface area contributed by atoms with Gasteiger partial charge >= 0.3 is 12.0 Å². The van der Waals surface area contributed by atoms with E-state index < -0.39 is 32.3 Å². The summed E-state index contributed by atoms with van der Waals surface area (Å²) in [6, 6.07) is 0.112. The fourth-order valence-corrected chi connectivity index (χ4v) is 1.84. The van der Waals surface area contributed by atoms with E-state index in [1.165, 1.54) is 0 Å². The van der Waals surface area contributed by atoms with Crippen LogP contribution in [-0.2, 0) is 0 Å². The second kappa shape index (κ2) is 4.42. The second-order valence-corrected chi connectivity index (χ2v) is 9.96. The van der Waals surface area contributed by atoms with E-state index in [9.17, 15) is 22.0 Å². The van der Waals surface area contributed by atoms with E-state index in [1.807, 2.05) is 19.6 Å². The maximum absolute atomic E-state index is 12.7. The second-order valence-electron chi connectivity index (χ2n) is 4.34. The Hall–Kier alpha value is -0.393. The molecule has 0 bridgehead atoms. The van der Waals surface area contributed by atoms with Crippen LogP contribution >= 0.6 is 0 Å². The highest BCUT2D eigenvalue weighted by atomic mass is 28.3. The summed E-state index contributed by atoms with van der Waals surface area (Å²) in [6.07, 6.45) is -3.77. The number of alkyl halides is 2. The van der Waals surface area contributed by atoms with Gasteiger partial charge in [-0.15, -0.1) is 0 Å². The van der Waals surface area contributed by atoms with Crippen molar-refractivity contribution >= 4 is 8.07 Å². The lowest BCUT2D eigenvalue weighted by Crippen LogP contribution is -2.26. The highest BCUT2D eigenvalue weighted by molar-refractivity contribution is 6.76. The minimum atomic E-state index is -4.01. The molecule has 0 spiro atoms. The van der Waals surface area contributed by atoms with Gasteiger partial charge in [0.2, 0.25) is 5.83 Å². The molecule has 0 amide bonds. The minimum Gasteiger partial charge on any atom is -0.199 e. The number of halogens is 5. The summed E-state index contributed by atoms with van der Waals surface area (Å²) in [4.78, 5) is 0. The van der Waals surface area contributed by atoms with E-state index in [-0.39, 0.29) is 6.04 Å². The van der Waals surface area contributed by atoms with E-state index in [2.05, 4.69) is 0 Å². The monoisotopic (exact) mass is 232 g/mol. The van der Waals surface area contributed by atoms with Gasteiger partial charge in [-0.2, -0.15) is 22.0 Å². The summed E-state index contributed by atoms with van der Waals surface area (Å²) in [5.74, 6) is -6.60. The molecule has 0 nitrogen and oxygen atoms in total. The smallest absolute Gasteiger partial charge is 0.199 e. The zero-order valence-corrected chi connectivity index (χ0v) is 9.30. The van der Waals surface area contributed by atoms with E-state index in [1.54, 1.807) is 0 Å². The Balaban J connectivity index is 4.44. The fraction of sp³-hybridized carbons (Fsp3) is 0.750. The van der Waals surface area contributed by atoms with Gasteiger partial charge in [-0.3, -0.25) is 0 Å². The number of hydrogen-bond acceptors (Lipinski definition) is 0. The number of rotatable bonds is 4. The lowest BCUT2D eigenvalue weighted by molar-refractivity contribution is 0.00682. The quantitative estimate of drug-likeness (QED) is 0.497. The average Bonchev–Trinajstić information content (AvgIpc) is 1.98. The molecule has 0 aliphatic rings. The van der Waals surface area contributed by atoms with Gasteiger partial charge in [0.1, 0.15) is 0 Å². The fourth-order valence-electron chi connectivity index (χ4n) is 0.780. The van der Waals surface area contributed by atoms with Crippen molar-refractivity contribution in [3.05, 3.63) is 11.9 Å². The van der Waals surface area contributed by atoms with Crippen molar-refractivity contribution in [2.24, 2.45) is 0 Å². The van der Waals surface area contributed by atoms with Crippen LogP contribution in [0.4, 0.5) is 22.0 Å². The highest BCUT2D eigenvalue weighted by Gasteiger charge is 2.39. The molecular weight excluding hydrogens is 219 g/mol. The van der Waals surface area contributed by atoms with Crippen LogP contribution in [0.15, 0.2) is 11.9 Å². The first-order valence-electron chi connectivity index (χ1n) is 4.15. The minimum absolute atomic E-state index is 0.112. The SMILES string of the molecule is C[Si](C)(C)CCC(F)(F)C(F)=C(F)F. The maximum atomic E-state index is 12.7. The third-order valence-electron chi connectivity index (χ3n) is 1.68. The molecule has 0 aromatic rings. The molecule has 0 aliphatic heterocycles. The van der Waals surface area contributed by atoms with Gasteiger partial charge in [0, 0.05) is 14.5 Å². The van der Waals surface area contributed by atoms with Crippen LogP contribution in [-0.4, -0.2) is 14.0 Å². The van der Waals surface area contributed by atoms with Crippen molar-refractivity contribution < 1.29 is 22.0 Å². The van der Waals surface area contributed by atoms with Gasteiger partial charge in [-0.25, -0.2) is 0 Å². The Morgan fingerprint density at radius 2 is 1.50 bits per heavy atom. The van der Waals surface area contributed by atoms with Crippen molar-refractivity contribution in [3.8, 4) is 0 Å². The Morgan fingerprint density at radius 1 is 1.07 bits per heavy atom. The van der Waals surface area contributed by atoms with E-state index in [0.717, 1.165) is 0 Å². The first-order valence-corrected chi connectivity index (χ1v) is 7.86. The Labute approximate surface area is 80.8 Å².